The maximum absolute atomic E-state index is 12.7. The Bertz CT molecular complexity index is 498. The third kappa shape index (κ3) is 6.46. The van der Waals surface area contributed by atoms with E-state index in [1.165, 1.54) is 6.42 Å². The normalized spacial score (nSPS) is 25.4. The number of likely N-dealkylation sites (tertiary alicyclic amines) is 1. The molecule has 0 radical (unpaired) electrons. The summed E-state index contributed by atoms with van der Waals surface area (Å²) >= 11 is 0. The first kappa shape index (κ1) is 25.4. The van der Waals surface area contributed by atoms with Gasteiger partial charge in [-0.05, 0) is 44.9 Å². The molecule has 0 aromatic rings. The molecule has 0 aromatic carbocycles. The Morgan fingerprint density at radius 2 is 1.64 bits per heavy atom. The Morgan fingerprint density at radius 1 is 1.00 bits per heavy atom. The molecule has 3 fully saturated rings. The van der Waals surface area contributed by atoms with E-state index < -0.39 is 6.04 Å². The van der Waals surface area contributed by atoms with Crippen LogP contribution in [-0.4, -0.2) is 91.1 Å². The Kier molecular flexibility index (Phi) is 11.1. The number of carbonyl (C=O) groups excluding carboxylic acids is 2. The number of piperidine rings is 1. The number of rotatable bonds is 4. The Balaban J connectivity index is 0.00000196. The summed E-state index contributed by atoms with van der Waals surface area (Å²) < 4.78 is 5.36. The molecule has 3 aliphatic heterocycles. The molecular weight excluding hydrogens is 403 g/mol. The lowest BCUT2D eigenvalue weighted by atomic mass is 9.91. The van der Waals surface area contributed by atoms with Crippen LogP contribution >= 0.6 is 24.8 Å². The summed E-state index contributed by atoms with van der Waals surface area (Å²) in [6.07, 6.45) is 5.18. The molecule has 7 nitrogen and oxygen atoms in total. The first-order valence-electron chi connectivity index (χ1n) is 10.2. The molecule has 9 heteroatoms. The van der Waals surface area contributed by atoms with Gasteiger partial charge in [-0.3, -0.25) is 14.5 Å². The van der Waals surface area contributed by atoms with E-state index in [9.17, 15) is 9.59 Å². The highest BCUT2D eigenvalue weighted by molar-refractivity contribution is 5.85. The third-order valence-electron chi connectivity index (χ3n) is 6.23. The van der Waals surface area contributed by atoms with Gasteiger partial charge >= 0.3 is 0 Å². The number of piperazine rings is 1. The summed E-state index contributed by atoms with van der Waals surface area (Å²) in [5, 5.41) is 0. The van der Waals surface area contributed by atoms with E-state index in [2.05, 4.69) is 11.8 Å². The zero-order valence-corrected chi connectivity index (χ0v) is 18.5. The van der Waals surface area contributed by atoms with Gasteiger partial charge in [0.2, 0.25) is 11.8 Å². The van der Waals surface area contributed by atoms with Gasteiger partial charge in [-0.15, -0.1) is 24.8 Å². The highest BCUT2D eigenvalue weighted by Gasteiger charge is 2.32. The lowest BCUT2D eigenvalue weighted by molar-refractivity contribution is -0.138. The molecule has 164 valence electrons. The van der Waals surface area contributed by atoms with Crippen LogP contribution in [0.1, 0.15) is 39.0 Å². The Hall–Kier alpha value is -0.600. The Morgan fingerprint density at radius 3 is 2.25 bits per heavy atom. The van der Waals surface area contributed by atoms with Crippen molar-refractivity contribution >= 4 is 36.6 Å². The van der Waals surface area contributed by atoms with Crippen LogP contribution < -0.4 is 5.73 Å². The van der Waals surface area contributed by atoms with Gasteiger partial charge in [0.15, 0.2) is 0 Å². The third-order valence-corrected chi connectivity index (χ3v) is 6.23. The molecule has 2 amide bonds. The quantitative estimate of drug-likeness (QED) is 0.711. The van der Waals surface area contributed by atoms with E-state index in [4.69, 9.17) is 10.5 Å². The summed E-state index contributed by atoms with van der Waals surface area (Å²) in [6, 6.07) is -0.0575. The maximum Gasteiger partial charge on any atom is 0.239 e. The fourth-order valence-electron chi connectivity index (χ4n) is 4.36. The van der Waals surface area contributed by atoms with Gasteiger partial charge in [-0.2, -0.15) is 0 Å². The average Bonchev–Trinajstić information content (AvgIpc) is 2.68. The molecule has 3 heterocycles. The Labute approximate surface area is 181 Å². The van der Waals surface area contributed by atoms with Gasteiger partial charge in [0.25, 0.3) is 0 Å². The first-order valence-corrected chi connectivity index (χ1v) is 10.2. The van der Waals surface area contributed by atoms with Crippen LogP contribution in [0.15, 0.2) is 0 Å². The SMILES string of the molecule is CC1CCCCN1C(=O)CN1CCN(C(=O)C(N)C2CCOCC2)CC1.Cl.Cl. The second-order valence-corrected chi connectivity index (χ2v) is 8.01. The number of amides is 2. The fourth-order valence-corrected chi connectivity index (χ4v) is 4.36. The topological polar surface area (TPSA) is 79.1 Å². The van der Waals surface area contributed by atoms with Crippen molar-refractivity contribution in [2.45, 2.75) is 51.1 Å². The molecular formula is C19H36Cl2N4O3. The van der Waals surface area contributed by atoms with E-state index >= 15 is 0 Å². The highest BCUT2D eigenvalue weighted by atomic mass is 35.5. The molecule has 0 aromatic heterocycles. The number of halogens is 2. The second-order valence-electron chi connectivity index (χ2n) is 8.01. The van der Waals surface area contributed by atoms with Crippen molar-refractivity contribution in [3.63, 3.8) is 0 Å². The molecule has 2 atom stereocenters. The first-order chi connectivity index (χ1) is 12.6. The lowest BCUT2D eigenvalue weighted by Crippen LogP contribution is -2.56. The zero-order chi connectivity index (χ0) is 18.5. The van der Waals surface area contributed by atoms with Crippen LogP contribution in [0.25, 0.3) is 0 Å². The van der Waals surface area contributed by atoms with E-state index in [0.717, 1.165) is 45.3 Å². The average molecular weight is 439 g/mol. The molecule has 2 unspecified atom stereocenters. The molecule has 3 rings (SSSR count). The van der Waals surface area contributed by atoms with Crippen LogP contribution in [0.4, 0.5) is 0 Å². The second kappa shape index (κ2) is 12.2. The number of nitrogens with two attached hydrogens (primary N) is 1. The largest absolute Gasteiger partial charge is 0.381 e. The molecule has 0 spiro atoms. The minimum absolute atomic E-state index is 0. The molecule has 3 saturated heterocycles. The van der Waals surface area contributed by atoms with Crippen molar-refractivity contribution in [3.8, 4) is 0 Å². The van der Waals surface area contributed by atoms with Crippen LogP contribution in [0.5, 0.6) is 0 Å². The molecule has 0 aliphatic carbocycles. The molecule has 0 bridgehead atoms. The predicted octanol–water partition coefficient (Wildman–Crippen LogP) is 1.13. The summed E-state index contributed by atoms with van der Waals surface area (Å²) in [5.74, 6) is 0.528. The van der Waals surface area contributed by atoms with Crippen LogP contribution in [-0.2, 0) is 14.3 Å². The number of carbonyl (C=O) groups is 2. The number of nitrogens with zero attached hydrogens (tertiary/aromatic N) is 3. The molecule has 0 saturated carbocycles. The smallest absolute Gasteiger partial charge is 0.239 e. The van der Waals surface area contributed by atoms with Gasteiger partial charge < -0.3 is 20.3 Å². The van der Waals surface area contributed by atoms with Crippen molar-refractivity contribution in [1.29, 1.82) is 0 Å². The van der Waals surface area contributed by atoms with Crippen molar-refractivity contribution in [1.82, 2.24) is 14.7 Å². The van der Waals surface area contributed by atoms with Crippen LogP contribution in [0.2, 0.25) is 0 Å². The van der Waals surface area contributed by atoms with Gasteiger partial charge in [-0.25, -0.2) is 0 Å². The maximum atomic E-state index is 12.7. The van der Waals surface area contributed by atoms with E-state index in [-0.39, 0.29) is 42.5 Å². The van der Waals surface area contributed by atoms with Crippen molar-refractivity contribution in [2.75, 3.05) is 52.5 Å². The monoisotopic (exact) mass is 438 g/mol. The van der Waals surface area contributed by atoms with Gasteiger partial charge in [0, 0.05) is 52.0 Å². The number of hydrogen-bond donors (Lipinski definition) is 1. The van der Waals surface area contributed by atoms with E-state index in [1.54, 1.807) is 0 Å². The van der Waals surface area contributed by atoms with Gasteiger partial charge in [0.1, 0.15) is 0 Å². The van der Waals surface area contributed by atoms with Gasteiger partial charge in [-0.1, -0.05) is 0 Å². The minimum atomic E-state index is -0.415. The summed E-state index contributed by atoms with van der Waals surface area (Å²) in [6.45, 7) is 7.74. The molecule has 2 N–H and O–H groups in total. The number of hydrogen-bond acceptors (Lipinski definition) is 5. The predicted molar refractivity (Wildman–Crippen MR) is 114 cm³/mol. The minimum Gasteiger partial charge on any atom is -0.381 e. The molecule has 3 aliphatic rings. The zero-order valence-electron chi connectivity index (χ0n) is 16.9. The summed E-state index contributed by atoms with van der Waals surface area (Å²) in [4.78, 5) is 31.3. The van der Waals surface area contributed by atoms with Crippen LogP contribution in [0, 0.1) is 5.92 Å². The highest BCUT2D eigenvalue weighted by Crippen LogP contribution is 2.20. The van der Waals surface area contributed by atoms with Crippen LogP contribution in [0.3, 0.4) is 0 Å². The van der Waals surface area contributed by atoms with Crippen molar-refractivity contribution in [2.24, 2.45) is 11.7 Å². The van der Waals surface area contributed by atoms with Gasteiger partial charge in [0.05, 0.1) is 12.6 Å². The molecule has 28 heavy (non-hydrogen) atoms. The summed E-state index contributed by atoms with van der Waals surface area (Å²) in [7, 11) is 0. The standard InChI is InChI=1S/C19H34N4O3.2ClH/c1-15-4-2-3-7-23(15)17(24)14-21-8-10-22(11-9-21)19(25)18(20)16-5-12-26-13-6-16;;/h15-16,18H,2-14,20H2,1H3;2*1H. The van der Waals surface area contributed by atoms with Crippen molar-refractivity contribution < 1.29 is 14.3 Å². The summed E-state index contributed by atoms with van der Waals surface area (Å²) in [5.41, 5.74) is 6.23. The lowest BCUT2D eigenvalue weighted by Gasteiger charge is -2.39. The van der Waals surface area contributed by atoms with Crippen molar-refractivity contribution in [3.05, 3.63) is 0 Å². The van der Waals surface area contributed by atoms with E-state index in [0.29, 0.717) is 38.9 Å². The fraction of sp³-hybridized carbons (Fsp3) is 0.895. The number of ether oxygens (including phenoxy) is 1. The van der Waals surface area contributed by atoms with E-state index in [1.807, 2.05) is 9.80 Å².